The number of nitrogens with one attached hydrogen (secondary N) is 1. The Hall–Kier alpha value is -1.20. The Bertz CT molecular complexity index is 568. The first-order chi connectivity index (χ1) is 8.54. The molecule has 96 valence electrons. The van der Waals surface area contributed by atoms with Crippen LogP contribution >= 0.6 is 15.9 Å². The van der Waals surface area contributed by atoms with Crippen molar-refractivity contribution in [2.75, 3.05) is 7.05 Å². The van der Waals surface area contributed by atoms with Gasteiger partial charge in [0.25, 0.3) is 0 Å². The van der Waals surface area contributed by atoms with Crippen molar-refractivity contribution in [1.29, 1.82) is 0 Å². The van der Waals surface area contributed by atoms with Gasteiger partial charge in [0.2, 0.25) is 0 Å². The van der Waals surface area contributed by atoms with Gasteiger partial charge in [0.05, 0.1) is 12.3 Å². The third kappa shape index (κ3) is 2.33. The number of hydrogen-bond acceptors (Lipinski definition) is 2. The minimum absolute atomic E-state index is 0.388. The molecule has 1 aromatic carbocycles. The molecule has 2 aromatic rings. The van der Waals surface area contributed by atoms with Crippen molar-refractivity contribution < 1.29 is 13.2 Å². The smallest absolute Gasteiger partial charge is 0.174 e. The lowest BCUT2D eigenvalue weighted by Crippen LogP contribution is -2.19. The molecule has 0 saturated carbocycles. The van der Waals surface area contributed by atoms with E-state index in [4.69, 9.17) is 4.42 Å². The minimum Gasteiger partial charge on any atom is -0.457 e. The number of aryl methyl sites for hydroxylation is 1. The maximum Gasteiger partial charge on any atom is 0.174 e. The summed E-state index contributed by atoms with van der Waals surface area (Å²) in [5.41, 5.74) is 1.56. The molecule has 0 radical (unpaired) electrons. The summed E-state index contributed by atoms with van der Waals surface area (Å²) >= 11 is 3.26. The van der Waals surface area contributed by atoms with E-state index in [1.54, 1.807) is 20.0 Å². The summed E-state index contributed by atoms with van der Waals surface area (Å²) in [5.74, 6) is -1.12. The van der Waals surface area contributed by atoms with Gasteiger partial charge in [0.1, 0.15) is 11.6 Å². The van der Waals surface area contributed by atoms with Crippen LogP contribution in [0.1, 0.15) is 22.7 Å². The van der Waals surface area contributed by atoms with Crippen molar-refractivity contribution in [3.8, 4) is 0 Å². The summed E-state index contributed by atoms with van der Waals surface area (Å²) in [6.45, 7) is 1.61. The van der Waals surface area contributed by atoms with Crippen LogP contribution in [0.15, 0.2) is 33.5 Å². The monoisotopic (exact) mass is 315 g/mol. The van der Waals surface area contributed by atoms with Gasteiger partial charge in [-0.3, -0.25) is 0 Å². The highest BCUT2D eigenvalue weighted by molar-refractivity contribution is 9.10. The Morgan fingerprint density at radius 2 is 1.94 bits per heavy atom. The van der Waals surface area contributed by atoms with Gasteiger partial charge in [0.15, 0.2) is 4.67 Å². The second-order valence-electron chi connectivity index (χ2n) is 3.99. The lowest BCUT2D eigenvalue weighted by molar-refractivity contribution is 0.521. The van der Waals surface area contributed by atoms with Gasteiger partial charge in [-0.05, 0) is 47.6 Å². The van der Waals surface area contributed by atoms with E-state index in [1.807, 2.05) is 0 Å². The fourth-order valence-corrected chi connectivity index (χ4v) is 2.36. The van der Waals surface area contributed by atoms with E-state index in [2.05, 4.69) is 21.2 Å². The van der Waals surface area contributed by atoms with Gasteiger partial charge in [-0.1, -0.05) is 0 Å². The number of halogens is 3. The highest BCUT2D eigenvalue weighted by atomic mass is 79.9. The summed E-state index contributed by atoms with van der Waals surface area (Å²) in [5, 5.41) is 3.00. The van der Waals surface area contributed by atoms with Gasteiger partial charge in [-0.2, -0.15) is 0 Å². The van der Waals surface area contributed by atoms with Crippen molar-refractivity contribution in [2.45, 2.75) is 13.0 Å². The molecular formula is C13H12BrF2NO. The third-order valence-electron chi connectivity index (χ3n) is 2.83. The lowest BCUT2D eigenvalue weighted by Gasteiger charge is -2.17. The minimum atomic E-state index is -0.578. The van der Waals surface area contributed by atoms with Crippen molar-refractivity contribution in [1.82, 2.24) is 5.32 Å². The van der Waals surface area contributed by atoms with Crippen molar-refractivity contribution >= 4 is 15.9 Å². The van der Waals surface area contributed by atoms with Gasteiger partial charge in [-0.15, -0.1) is 0 Å². The summed E-state index contributed by atoms with van der Waals surface area (Å²) in [4.78, 5) is 0. The first kappa shape index (κ1) is 13.2. The Kier molecular flexibility index (Phi) is 3.82. The zero-order valence-corrected chi connectivity index (χ0v) is 11.5. The SMILES string of the molecule is CNC(c1cc(C)c(F)cc1F)c1ccoc1Br. The van der Waals surface area contributed by atoms with Crippen LogP contribution in [0.3, 0.4) is 0 Å². The summed E-state index contributed by atoms with van der Waals surface area (Å²) in [6.07, 6.45) is 1.51. The zero-order chi connectivity index (χ0) is 13.3. The maximum atomic E-state index is 13.9. The zero-order valence-electron chi connectivity index (χ0n) is 9.93. The van der Waals surface area contributed by atoms with Crippen LogP contribution in [-0.4, -0.2) is 7.05 Å². The molecule has 1 aromatic heterocycles. The Morgan fingerprint density at radius 3 is 2.50 bits per heavy atom. The Balaban J connectivity index is 2.52. The Labute approximate surface area is 112 Å². The van der Waals surface area contributed by atoms with Crippen molar-refractivity contribution in [3.63, 3.8) is 0 Å². The summed E-state index contributed by atoms with van der Waals surface area (Å²) in [6, 6.07) is 3.76. The molecule has 0 bridgehead atoms. The first-order valence-electron chi connectivity index (χ1n) is 5.40. The molecule has 0 aliphatic rings. The molecule has 0 spiro atoms. The average molecular weight is 316 g/mol. The van der Waals surface area contributed by atoms with Crippen LogP contribution in [0, 0.1) is 18.6 Å². The van der Waals surface area contributed by atoms with E-state index in [-0.39, 0.29) is 0 Å². The topological polar surface area (TPSA) is 25.2 Å². The molecule has 0 aliphatic heterocycles. The van der Waals surface area contributed by atoms with Crippen molar-refractivity contribution in [2.24, 2.45) is 0 Å². The lowest BCUT2D eigenvalue weighted by atomic mass is 9.99. The number of hydrogen-bond donors (Lipinski definition) is 1. The molecule has 1 N–H and O–H groups in total. The molecule has 1 atom stereocenters. The molecule has 18 heavy (non-hydrogen) atoms. The molecule has 0 saturated heterocycles. The fourth-order valence-electron chi connectivity index (χ4n) is 1.89. The number of benzene rings is 1. The summed E-state index contributed by atoms with van der Waals surface area (Å²) < 4.78 is 32.8. The highest BCUT2D eigenvalue weighted by Crippen LogP contribution is 2.31. The van der Waals surface area contributed by atoms with E-state index in [9.17, 15) is 8.78 Å². The standard InChI is InChI=1S/C13H12BrF2NO/c1-7-5-9(11(16)6-10(7)15)12(17-2)8-3-4-18-13(8)14/h3-6,12,17H,1-2H3. The van der Waals surface area contributed by atoms with Crippen LogP contribution in [0.2, 0.25) is 0 Å². The molecule has 0 fully saturated rings. The predicted octanol–water partition coefficient (Wildman–Crippen LogP) is 3.94. The molecular weight excluding hydrogens is 304 g/mol. The van der Waals surface area contributed by atoms with Crippen LogP contribution in [0.4, 0.5) is 8.78 Å². The molecule has 1 unspecified atom stereocenters. The molecule has 2 nitrogen and oxygen atoms in total. The first-order valence-corrected chi connectivity index (χ1v) is 6.19. The second-order valence-corrected chi connectivity index (χ2v) is 4.71. The van der Waals surface area contributed by atoms with Gasteiger partial charge in [0, 0.05) is 17.2 Å². The van der Waals surface area contributed by atoms with Gasteiger partial charge in [-0.25, -0.2) is 8.78 Å². The van der Waals surface area contributed by atoms with E-state index < -0.39 is 17.7 Å². The van der Waals surface area contributed by atoms with E-state index in [0.29, 0.717) is 15.8 Å². The van der Waals surface area contributed by atoms with Crippen LogP contribution < -0.4 is 5.32 Å². The molecule has 0 aliphatic carbocycles. The number of furan rings is 1. The van der Waals surface area contributed by atoms with E-state index in [0.717, 1.165) is 11.6 Å². The second kappa shape index (κ2) is 5.20. The molecule has 2 rings (SSSR count). The molecule has 5 heteroatoms. The third-order valence-corrected chi connectivity index (χ3v) is 3.48. The van der Waals surface area contributed by atoms with Crippen LogP contribution in [0.5, 0.6) is 0 Å². The maximum absolute atomic E-state index is 13.9. The van der Waals surface area contributed by atoms with Gasteiger partial charge >= 0.3 is 0 Å². The molecule has 1 heterocycles. The quantitative estimate of drug-likeness (QED) is 0.928. The Morgan fingerprint density at radius 1 is 1.22 bits per heavy atom. The van der Waals surface area contributed by atoms with Crippen molar-refractivity contribution in [3.05, 3.63) is 57.5 Å². The van der Waals surface area contributed by atoms with Gasteiger partial charge < -0.3 is 9.73 Å². The number of rotatable bonds is 3. The highest BCUT2D eigenvalue weighted by Gasteiger charge is 2.21. The van der Waals surface area contributed by atoms with Crippen LogP contribution in [0.25, 0.3) is 0 Å². The average Bonchev–Trinajstić information content (AvgIpc) is 2.73. The largest absolute Gasteiger partial charge is 0.457 e. The van der Waals surface area contributed by atoms with Crippen LogP contribution in [-0.2, 0) is 0 Å². The normalized spacial score (nSPS) is 12.7. The fraction of sp³-hybridized carbons (Fsp3) is 0.231. The molecule has 0 amide bonds. The predicted molar refractivity (Wildman–Crippen MR) is 68.4 cm³/mol. The van der Waals surface area contributed by atoms with E-state index >= 15 is 0 Å². The summed E-state index contributed by atoms with van der Waals surface area (Å²) in [7, 11) is 1.71. The van der Waals surface area contributed by atoms with E-state index in [1.165, 1.54) is 12.3 Å².